The van der Waals surface area contributed by atoms with Crippen molar-refractivity contribution in [3.05, 3.63) is 91.0 Å². The molecule has 1 unspecified atom stereocenters. The van der Waals surface area contributed by atoms with Gasteiger partial charge in [-0.15, -0.1) is 0 Å². The highest BCUT2D eigenvalue weighted by molar-refractivity contribution is 7.95. The Morgan fingerprint density at radius 3 is 1.67 bits per heavy atom. The van der Waals surface area contributed by atoms with Crippen LogP contribution in [0.4, 0.5) is 0 Å². The second kappa shape index (κ2) is 12.0. The summed E-state index contributed by atoms with van der Waals surface area (Å²) in [6, 6.07) is 33.2. The van der Waals surface area contributed by atoms with E-state index in [0.717, 1.165) is 38.6 Å². The predicted octanol–water partition coefficient (Wildman–Crippen LogP) is 1.92. The third kappa shape index (κ3) is 5.50. The van der Waals surface area contributed by atoms with Crippen molar-refractivity contribution in [2.75, 3.05) is 19.4 Å². The molecule has 1 heterocycles. The third-order valence-electron chi connectivity index (χ3n) is 5.67. The van der Waals surface area contributed by atoms with Crippen molar-refractivity contribution in [3.8, 4) is 0 Å². The normalized spacial score (nSPS) is 16.6. The first-order chi connectivity index (χ1) is 14.4. The van der Waals surface area contributed by atoms with Crippen LogP contribution in [0.15, 0.2) is 91.0 Å². The van der Waals surface area contributed by atoms with Crippen LogP contribution in [0.1, 0.15) is 25.7 Å². The van der Waals surface area contributed by atoms with Crippen molar-refractivity contribution in [1.82, 2.24) is 0 Å². The molecule has 0 amide bonds. The van der Waals surface area contributed by atoms with E-state index in [-0.39, 0.29) is 30.3 Å². The van der Waals surface area contributed by atoms with E-state index in [2.05, 4.69) is 91.0 Å². The van der Waals surface area contributed by atoms with E-state index in [1.807, 2.05) is 0 Å². The molecule has 30 heavy (non-hydrogen) atoms. The first kappa shape index (κ1) is 23.4. The summed E-state index contributed by atoms with van der Waals surface area (Å²) in [5.74, 6) is 0. The van der Waals surface area contributed by atoms with Gasteiger partial charge in [0.2, 0.25) is 0 Å². The van der Waals surface area contributed by atoms with Gasteiger partial charge in [0.05, 0.1) is 12.8 Å². The van der Waals surface area contributed by atoms with Crippen LogP contribution in [-0.4, -0.2) is 25.7 Å². The summed E-state index contributed by atoms with van der Waals surface area (Å²) in [5, 5.41) is 4.31. The molecule has 1 aliphatic heterocycles. The molecule has 4 heteroatoms. The number of hydrogen-bond acceptors (Lipinski definition) is 2. The first-order valence-corrected chi connectivity index (χ1v) is 12.7. The number of rotatable bonds is 8. The van der Waals surface area contributed by atoms with Gasteiger partial charge in [-0.3, -0.25) is 0 Å². The fraction of sp³-hybridized carbons (Fsp3) is 0.308. The fourth-order valence-corrected chi connectivity index (χ4v) is 8.56. The van der Waals surface area contributed by atoms with Gasteiger partial charge >= 0.3 is 0 Å². The molecule has 3 aromatic carbocycles. The average Bonchev–Trinajstić information content (AvgIpc) is 2.82. The van der Waals surface area contributed by atoms with Crippen molar-refractivity contribution in [2.45, 2.75) is 32.0 Å². The molecule has 158 valence electrons. The molecule has 0 aromatic heterocycles. The maximum atomic E-state index is 6.08. The maximum absolute atomic E-state index is 6.08. The maximum Gasteiger partial charge on any atom is 0.157 e. The molecular formula is C26H30IO2P. The number of ether oxygens (including phenoxy) is 2. The summed E-state index contributed by atoms with van der Waals surface area (Å²) in [6.07, 6.45) is 5.49. The summed E-state index contributed by atoms with van der Waals surface area (Å²) >= 11 is 0. The Balaban J connectivity index is 0.00000256. The van der Waals surface area contributed by atoms with Gasteiger partial charge in [-0.05, 0) is 55.7 Å². The van der Waals surface area contributed by atoms with E-state index < -0.39 is 7.26 Å². The lowest BCUT2D eigenvalue weighted by molar-refractivity contribution is -0.162. The van der Waals surface area contributed by atoms with E-state index in [1.165, 1.54) is 22.3 Å². The standard InChI is InChI=1S/C26H30O2P.HI/c1-4-13-23(14-5-1)29(24-15-6-2-7-16-24,25-17-8-3-9-18-25)22-12-21-28-26-19-10-11-20-27-26;/h1-9,13-18,26H,10-12,19-22H2;1H/q+1;/p-1. The predicted molar refractivity (Wildman–Crippen MR) is 124 cm³/mol. The number of hydrogen-bond donors (Lipinski definition) is 0. The monoisotopic (exact) mass is 532 g/mol. The lowest BCUT2D eigenvalue weighted by Crippen LogP contribution is -3.00. The summed E-state index contributed by atoms with van der Waals surface area (Å²) in [7, 11) is -1.74. The molecule has 1 atom stereocenters. The average molecular weight is 532 g/mol. The molecule has 0 aliphatic carbocycles. The van der Waals surface area contributed by atoms with Crippen LogP contribution in [-0.2, 0) is 9.47 Å². The molecule has 1 aliphatic rings. The van der Waals surface area contributed by atoms with Crippen molar-refractivity contribution in [1.29, 1.82) is 0 Å². The zero-order valence-corrected chi connectivity index (χ0v) is 20.4. The van der Waals surface area contributed by atoms with Crippen molar-refractivity contribution >= 4 is 23.2 Å². The quantitative estimate of drug-likeness (QED) is 0.251. The topological polar surface area (TPSA) is 18.5 Å². The van der Waals surface area contributed by atoms with Gasteiger partial charge in [0.1, 0.15) is 23.2 Å². The minimum absolute atomic E-state index is 0. The summed E-state index contributed by atoms with van der Waals surface area (Å²) < 4.78 is 11.8. The minimum atomic E-state index is -1.74. The second-order valence-electron chi connectivity index (χ2n) is 7.56. The van der Waals surface area contributed by atoms with Gasteiger partial charge in [-0.25, -0.2) is 0 Å². The van der Waals surface area contributed by atoms with E-state index in [1.54, 1.807) is 0 Å². The lowest BCUT2D eigenvalue weighted by atomic mass is 10.2. The molecule has 3 aromatic rings. The Morgan fingerprint density at radius 1 is 0.733 bits per heavy atom. The molecule has 0 bridgehead atoms. The summed E-state index contributed by atoms with van der Waals surface area (Å²) in [4.78, 5) is 0. The molecule has 1 fully saturated rings. The van der Waals surface area contributed by atoms with Gasteiger partial charge < -0.3 is 33.5 Å². The SMILES string of the molecule is [I-].c1ccc([P+](CCCOC2CCCCO2)(c2ccccc2)c2ccccc2)cc1. The van der Waals surface area contributed by atoms with Gasteiger partial charge in [0, 0.05) is 13.0 Å². The third-order valence-corrected chi connectivity index (χ3v) is 10.2. The zero-order chi connectivity index (χ0) is 19.8. The van der Waals surface area contributed by atoms with Crippen LogP contribution in [0.25, 0.3) is 0 Å². The van der Waals surface area contributed by atoms with Crippen molar-refractivity contribution in [2.24, 2.45) is 0 Å². The van der Waals surface area contributed by atoms with E-state index in [9.17, 15) is 0 Å². The van der Waals surface area contributed by atoms with Crippen molar-refractivity contribution in [3.63, 3.8) is 0 Å². The Morgan fingerprint density at radius 2 is 1.23 bits per heavy atom. The largest absolute Gasteiger partial charge is 1.00 e. The van der Waals surface area contributed by atoms with Gasteiger partial charge in [-0.1, -0.05) is 54.6 Å². The zero-order valence-electron chi connectivity index (χ0n) is 17.3. The Hall–Kier alpha value is -1.26. The summed E-state index contributed by atoms with van der Waals surface area (Å²) in [6.45, 7) is 1.58. The molecule has 4 rings (SSSR count). The van der Waals surface area contributed by atoms with Gasteiger partial charge in [0.25, 0.3) is 0 Å². The van der Waals surface area contributed by atoms with Crippen molar-refractivity contribution < 1.29 is 33.5 Å². The second-order valence-corrected chi connectivity index (χ2v) is 11.2. The van der Waals surface area contributed by atoms with Gasteiger partial charge in [-0.2, -0.15) is 0 Å². The molecule has 0 N–H and O–H groups in total. The van der Waals surface area contributed by atoms with E-state index in [0.29, 0.717) is 0 Å². The molecule has 2 nitrogen and oxygen atoms in total. The van der Waals surface area contributed by atoms with Crippen LogP contribution in [0.3, 0.4) is 0 Å². The van der Waals surface area contributed by atoms with Gasteiger partial charge in [0.15, 0.2) is 6.29 Å². The molecule has 0 saturated carbocycles. The fourth-order valence-electron chi connectivity index (χ4n) is 4.24. The number of benzene rings is 3. The first-order valence-electron chi connectivity index (χ1n) is 10.7. The lowest BCUT2D eigenvalue weighted by Gasteiger charge is -2.28. The molecule has 1 saturated heterocycles. The Kier molecular flexibility index (Phi) is 9.32. The molecule has 0 spiro atoms. The number of halogens is 1. The van der Waals surface area contributed by atoms with Crippen LogP contribution in [0, 0.1) is 0 Å². The van der Waals surface area contributed by atoms with E-state index >= 15 is 0 Å². The Labute approximate surface area is 198 Å². The minimum Gasteiger partial charge on any atom is -1.00 e. The molecule has 0 radical (unpaired) electrons. The highest BCUT2D eigenvalue weighted by Gasteiger charge is 2.44. The smallest absolute Gasteiger partial charge is 0.157 e. The van der Waals surface area contributed by atoms with Crippen LogP contribution in [0.5, 0.6) is 0 Å². The van der Waals surface area contributed by atoms with Crippen LogP contribution < -0.4 is 39.9 Å². The van der Waals surface area contributed by atoms with Crippen LogP contribution in [0.2, 0.25) is 0 Å². The van der Waals surface area contributed by atoms with E-state index in [4.69, 9.17) is 9.47 Å². The van der Waals surface area contributed by atoms with Crippen LogP contribution >= 0.6 is 7.26 Å². The summed E-state index contributed by atoms with van der Waals surface area (Å²) in [5.41, 5.74) is 0. The molecular weight excluding hydrogens is 502 g/mol. The highest BCUT2D eigenvalue weighted by atomic mass is 127. The highest BCUT2D eigenvalue weighted by Crippen LogP contribution is 2.55. The Bertz CT molecular complexity index is 755.